The van der Waals surface area contributed by atoms with Crippen molar-refractivity contribution in [2.75, 3.05) is 11.4 Å². The van der Waals surface area contributed by atoms with Gasteiger partial charge in [0.2, 0.25) is 10.0 Å². The lowest BCUT2D eigenvalue weighted by Gasteiger charge is -2.30. The zero-order valence-electron chi connectivity index (χ0n) is 14.4. The number of sulfonamides is 1. The Kier molecular flexibility index (Phi) is 4.40. The summed E-state index contributed by atoms with van der Waals surface area (Å²) < 4.78 is 27.2. The normalized spacial score (nSPS) is 24.4. The zero-order valence-corrected chi connectivity index (χ0v) is 15.3. The molecule has 2 bridgehead atoms. The molecule has 3 rings (SSSR count). The lowest BCUT2D eigenvalue weighted by molar-refractivity contribution is 0.302. The maximum absolute atomic E-state index is 12.8. The van der Waals surface area contributed by atoms with Gasteiger partial charge in [-0.1, -0.05) is 0 Å². The number of hydrogen-bond donors (Lipinski definition) is 0. The van der Waals surface area contributed by atoms with Crippen molar-refractivity contribution in [1.29, 1.82) is 0 Å². The molecular weight excluding hydrogens is 310 g/mol. The van der Waals surface area contributed by atoms with Crippen LogP contribution in [-0.2, 0) is 10.0 Å². The van der Waals surface area contributed by atoms with Gasteiger partial charge in [0.05, 0.1) is 0 Å². The Balaban J connectivity index is 1.84. The second-order valence-corrected chi connectivity index (χ2v) is 9.20. The molecule has 23 heavy (non-hydrogen) atoms. The number of anilines is 1. The van der Waals surface area contributed by atoms with Gasteiger partial charge < -0.3 is 4.90 Å². The van der Waals surface area contributed by atoms with E-state index in [2.05, 4.69) is 9.88 Å². The summed E-state index contributed by atoms with van der Waals surface area (Å²) in [5.74, 6) is 1.71. The smallest absolute Gasteiger partial charge is 0.245 e. The third-order valence-electron chi connectivity index (χ3n) is 5.02. The minimum atomic E-state index is -3.50. The van der Waals surface area contributed by atoms with Crippen LogP contribution in [0.3, 0.4) is 0 Å². The van der Waals surface area contributed by atoms with Crippen molar-refractivity contribution in [1.82, 2.24) is 9.29 Å². The van der Waals surface area contributed by atoms with Gasteiger partial charge in [-0.3, -0.25) is 0 Å². The first-order chi connectivity index (χ1) is 10.8. The van der Waals surface area contributed by atoms with Crippen LogP contribution in [0.1, 0.15) is 47.0 Å². The fourth-order valence-electron chi connectivity index (χ4n) is 4.17. The van der Waals surface area contributed by atoms with Crippen LogP contribution >= 0.6 is 0 Å². The van der Waals surface area contributed by atoms with Crippen LogP contribution in [0.15, 0.2) is 23.2 Å². The number of piperidine rings is 1. The number of hydrogen-bond acceptors (Lipinski definition) is 4. The molecule has 0 unspecified atom stereocenters. The Labute approximate surface area is 139 Å². The van der Waals surface area contributed by atoms with E-state index in [1.54, 1.807) is 10.4 Å². The van der Waals surface area contributed by atoms with E-state index in [1.165, 1.54) is 25.5 Å². The van der Waals surface area contributed by atoms with Crippen LogP contribution in [0.25, 0.3) is 0 Å². The lowest BCUT2D eigenvalue weighted by Crippen LogP contribution is -2.42. The standard InChI is InChI=1S/C17H27N3O2S/c1-12(2)20(13(3)4)23(21,22)16-7-8-17(18-10-16)19-11-14-5-6-15(19)9-14/h7-8,10,12-15H,5-6,9,11H2,1-4H3/t14-,15-/m0/s1. The molecule has 1 saturated heterocycles. The third kappa shape index (κ3) is 2.98. The molecule has 5 nitrogen and oxygen atoms in total. The van der Waals surface area contributed by atoms with Gasteiger partial charge in [0.25, 0.3) is 0 Å². The molecule has 2 fully saturated rings. The predicted molar refractivity (Wildman–Crippen MR) is 92.0 cm³/mol. The molecule has 0 amide bonds. The highest BCUT2D eigenvalue weighted by Crippen LogP contribution is 2.39. The Hall–Kier alpha value is -1.14. The van der Waals surface area contributed by atoms with Crippen molar-refractivity contribution in [3.63, 3.8) is 0 Å². The first kappa shape index (κ1) is 16.7. The van der Waals surface area contributed by atoms with Crippen molar-refractivity contribution < 1.29 is 8.42 Å². The number of pyridine rings is 1. The van der Waals surface area contributed by atoms with E-state index in [4.69, 9.17) is 0 Å². The molecule has 2 atom stereocenters. The van der Waals surface area contributed by atoms with Gasteiger partial charge in [-0.15, -0.1) is 0 Å². The second-order valence-electron chi connectivity index (χ2n) is 7.36. The summed E-state index contributed by atoms with van der Waals surface area (Å²) in [6.07, 6.45) is 5.34. The summed E-state index contributed by atoms with van der Waals surface area (Å²) in [6, 6.07) is 4.02. The van der Waals surface area contributed by atoms with E-state index >= 15 is 0 Å². The van der Waals surface area contributed by atoms with E-state index in [1.807, 2.05) is 33.8 Å². The van der Waals surface area contributed by atoms with Gasteiger partial charge in [0.15, 0.2) is 0 Å². The Morgan fingerprint density at radius 2 is 1.87 bits per heavy atom. The average molecular weight is 337 g/mol. The summed E-state index contributed by atoms with van der Waals surface area (Å²) >= 11 is 0. The SMILES string of the molecule is CC(C)N(C(C)C)S(=O)(=O)c1ccc(N2C[C@H]3CC[C@H]2C3)nc1. The van der Waals surface area contributed by atoms with Crippen molar-refractivity contribution in [3.8, 4) is 0 Å². The quantitative estimate of drug-likeness (QED) is 0.829. The number of fused-ring (bicyclic) bond motifs is 2. The Bertz CT molecular complexity index is 647. The van der Waals surface area contributed by atoms with Crippen LogP contribution in [0.2, 0.25) is 0 Å². The van der Waals surface area contributed by atoms with Gasteiger partial charge in [0, 0.05) is 30.9 Å². The first-order valence-electron chi connectivity index (χ1n) is 8.57. The maximum atomic E-state index is 12.8. The minimum Gasteiger partial charge on any atom is -0.353 e. The van der Waals surface area contributed by atoms with E-state index in [-0.39, 0.29) is 17.0 Å². The number of rotatable bonds is 5. The molecule has 1 aromatic heterocycles. The molecule has 1 aliphatic carbocycles. The molecule has 2 aliphatic rings. The lowest BCUT2D eigenvalue weighted by atomic mass is 10.1. The van der Waals surface area contributed by atoms with Crippen molar-refractivity contribution in [2.24, 2.45) is 5.92 Å². The van der Waals surface area contributed by atoms with E-state index in [9.17, 15) is 8.42 Å². The van der Waals surface area contributed by atoms with Crippen LogP contribution in [-0.4, -0.2) is 42.4 Å². The summed E-state index contributed by atoms with van der Waals surface area (Å²) in [5, 5.41) is 0. The fourth-order valence-corrected chi connectivity index (χ4v) is 5.95. The van der Waals surface area contributed by atoms with E-state index < -0.39 is 10.0 Å². The molecule has 0 N–H and O–H groups in total. The van der Waals surface area contributed by atoms with Crippen molar-refractivity contribution in [3.05, 3.63) is 18.3 Å². The average Bonchev–Trinajstić information content (AvgIpc) is 3.08. The molecule has 1 aliphatic heterocycles. The summed E-state index contributed by atoms with van der Waals surface area (Å²) in [4.78, 5) is 7.09. The molecule has 0 spiro atoms. The number of nitrogens with zero attached hydrogens (tertiary/aromatic N) is 3. The summed E-state index contributed by atoms with van der Waals surface area (Å²) in [5.41, 5.74) is 0. The topological polar surface area (TPSA) is 53.5 Å². The van der Waals surface area contributed by atoms with Gasteiger partial charge in [-0.2, -0.15) is 4.31 Å². The van der Waals surface area contributed by atoms with Crippen LogP contribution in [0, 0.1) is 5.92 Å². The van der Waals surface area contributed by atoms with Crippen LogP contribution in [0.4, 0.5) is 5.82 Å². The van der Waals surface area contributed by atoms with Crippen molar-refractivity contribution in [2.45, 2.75) is 70.0 Å². The molecular formula is C17H27N3O2S. The highest BCUT2D eigenvalue weighted by molar-refractivity contribution is 7.89. The zero-order chi connectivity index (χ0) is 16.8. The second kappa shape index (κ2) is 6.06. The first-order valence-corrected chi connectivity index (χ1v) is 10.0. The van der Waals surface area contributed by atoms with Crippen LogP contribution in [0.5, 0.6) is 0 Å². The van der Waals surface area contributed by atoms with Gasteiger partial charge in [-0.05, 0) is 65.0 Å². The van der Waals surface area contributed by atoms with Gasteiger partial charge in [-0.25, -0.2) is 13.4 Å². The maximum Gasteiger partial charge on any atom is 0.245 e. The Morgan fingerprint density at radius 3 is 2.30 bits per heavy atom. The largest absolute Gasteiger partial charge is 0.353 e. The molecule has 1 aromatic rings. The minimum absolute atomic E-state index is 0.0750. The van der Waals surface area contributed by atoms with Crippen LogP contribution < -0.4 is 4.90 Å². The molecule has 1 saturated carbocycles. The molecule has 128 valence electrons. The van der Waals surface area contributed by atoms with E-state index in [0.29, 0.717) is 6.04 Å². The third-order valence-corrected chi connectivity index (χ3v) is 7.25. The predicted octanol–water partition coefficient (Wildman–Crippen LogP) is 2.88. The molecule has 0 radical (unpaired) electrons. The van der Waals surface area contributed by atoms with Crippen molar-refractivity contribution >= 4 is 15.8 Å². The summed E-state index contributed by atoms with van der Waals surface area (Å²) in [6.45, 7) is 8.68. The van der Waals surface area contributed by atoms with Gasteiger partial charge in [0.1, 0.15) is 10.7 Å². The number of aromatic nitrogens is 1. The van der Waals surface area contributed by atoms with Gasteiger partial charge >= 0.3 is 0 Å². The Morgan fingerprint density at radius 1 is 1.17 bits per heavy atom. The summed E-state index contributed by atoms with van der Waals surface area (Å²) in [7, 11) is -3.50. The molecule has 6 heteroatoms. The molecule has 0 aromatic carbocycles. The monoisotopic (exact) mass is 337 g/mol. The van der Waals surface area contributed by atoms with E-state index in [0.717, 1.165) is 18.3 Å². The molecule has 2 heterocycles. The highest BCUT2D eigenvalue weighted by atomic mass is 32.2. The highest BCUT2D eigenvalue weighted by Gasteiger charge is 2.38. The fraction of sp³-hybridized carbons (Fsp3) is 0.706.